The van der Waals surface area contributed by atoms with Gasteiger partial charge in [-0.05, 0) is 18.6 Å². The third-order valence-electron chi connectivity index (χ3n) is 4.58. The Morgan fingerprint density at radius 3 is 2.48 bits per heavy atom. The SMILES string of the molecule is CC[C@H](OC(=O)[C@H]1CC(=O)N(c2ccccc2Cl)C1)C(=O)c1ccccc1. The number of Topliss-reactive ketones (excluding diaryl/α,β-unsaturated/α-hetero) is 1. The van der Waals surface area contributed by atoms with Gasteiger partial charge in [0.1, 0.15) is 0 Å². The van der Waals surface area contributed by atoms with Crippen molar-refractivity contribution >= 4 is 34.9 Å². The number of para-hydroxylation sites is 1. The number of benzene rings is 2. The van der Waals surface area contributed by atoms with Gasteiger partial charge in [0.05, 0.1) is 16.6 Å². The maximum atomic E-state index is 12.6. The fourth-order valence-electron chi connectivity index (χ4n) is 3.12. The minimum atomic E-state index is -0.857. The van der Waals surface area contributed by atoms with E-state index in [4.69, 9.17) is 16.3 Å². The Hall–Kier alpha value is -2.66. The van der Waals surface area contributed by atoms with Gasteiger partial charge < -0.3 is 9.64 Å². The molecule has 1 heterocycles. The molecule has 0 unspecified atom stereocenters. The summed E-state index contributed by atoms with van der Waals surface area (Å²) in [4.78, 5) is 39.0. The van der Waals surface area contributed by atoms with Gasteiger partial charge in [0.15, 0.2) is 6.10 Å². The lowest BCUT2D eigenvalue weighted by Gasteiger charge is -2.19. The predicted molar refractivity (Wildman–Crippen MR) is 103 cm³/mol. The fourth-order valence-corrected chi connectivity index (χ4v) is 3.35. The van der Waals surface area contributed by atoms with Crippen LogP contribution >= 0.6 is 11.6 Å². The molecule has 2 aromatic rings. The number of hydrogen-bond donors (Lipinski definition) is 0. The second kappa shape index (κ2) is 8.35. The van der Waals surface area contributed by atoms with Gasteiger partial charge in [-0.3, -0.25) is 14.4 Å². The summed E-state index contributed by atoms with van der Waals surface area (Å²) >= 11 is 6.16. The summed E-state index contributed by atoms with van der Waals surface area (Å²) in [5.74, 6) is -1.58. The zero-order valence-electron chi connectivity index (χ0n) is 14.9. The Morgan fingerprint density at radius 1 is 1.15 bits per heavy atom. The highest BCUT2D eigenvalue weighted by Crippen LogP contribution is 2.31. The van der Waals surface area contributed by atoms with Gasteiger partial charge >= 0.3 is 5.97 Å². The molecule has 27 heavy (non-hydrogen) atoms. The summed E-state index contributed by atoms with van der Waals surface area (Å²) in [6.45, 7) is 1.98. The normalized spacial score (nSPS) is 17.6. The van der Waals surface area contributed by atoms with Crippen molar-refractivity contribution < 1.29 is 19.1 Å². The molecule has 0 radical (unpaired) electrons. The van der Waals surface area contributed by atoms with Crippen molar-refractivity contribution in [1.82, 2.24) is 0 Å². The molecule has 1 saturated heterocycles. The molecule has 1 aliphatic rings. The van der Waals surface area contributed by atoms with Crippen molar-refractivity contribution in [2.75, 3.05) is 11.4 Å². The molecule has 0 aromatic heterocycles. The largest absolute Gasteiger partial charge is 0.454 e. The average Bonchev–Trinajstić information content (AvgIpc) is 3.08. The maximum Gasteiger partial charge on any atom is 0.312 e. The Balaban J connectivity index is 1.68. The van der Waals surface area contributed by atoms with E-state index in [9.17, 15) is 14.4 Å². The molecule has 140 valence electrons. The van der Waals surface area contributed by atoms with E-state index < -0.39 is 18.0 Å². The highest BCUT2D eigenvalue weighted by Gasteiger charge is 2.38. The van der Waals surface area contributed by atoms with Crippen LogP contribution in [-0.4, -0.2) is 30.3 Å². The number of rotatable bonds is 6. The van der Waals surface area contributed by atoms with Crippen molar-refractivity contribution in [2.45, 2.75) is 25.9 Å². The molecule has 0 spiro atoms. The van der Waals surface area contributed by atoms with Gasteiger partial charge in [0, 0.05) is 18.5 Å². The van der Waals surface area contributed by atoms with Gasteiger partial charge in [-0.2, -0.15) is 0 Å². The van der Waals surface area contributed by atoms with Crippen LogP contribution in [0.15, 0.2) is 54.6 Å². The van der Waals surface area contributed by atoms with Crippen LogP contribution in [0.5, 0.6) is 0 Å². The molecule has 3 rings (SSSR count). The highest BCUT2D eigenvalue weighted by atomic mass is 35.5. The summed E-state index contributed by atoms with van der Waals surface area (Å²) in [6, 6.07) is 15.7. The van der Waals surface area contributed by atoms with Gasteiger partial charge in [-0.25, -0.2) is 0 Å². The van der Waals surface area contributed by atoms with Crippen LogP contribution in [0, 0.1) is 5.92 Å². The van der Waals surface area contributed by atoms with E-state index in [-0.39, 0.29) is 24.7 Å². The van der Waals surface area contributed by atoms with E-state index in [0.717, 1.165) is 0 Å². The van der Waals surface area contributed by atoms with Gasteiger partial charge in [-0.1, -0.05) is 61.0 Å². The molecule has 6 heteroatoms. The standard InChI is InChI=1S/C21H20ClNO4/c1-2-18(20(25)14-8-4-3-5-9-14)27-21(26)15-12-19(24)23(13-15)17-11-7-6-10-16(17)22/h3-11,15,18H,2,12-13H2,1H3/t15-,18-/m0/s1. The molecule has 0 bridgehead atoms. The minimum Gasteiger partial charge on any atom is -0.454 e. The second-order valence-electron chi connectivity index (χ2n) is 6.42. The molecular weight excluding hydrogens is 366 g/mol. The van der Waals surface area contributed by atoms with Crippen molar-refractivity contribution in [2.24, 2.45) is 5.92 Å². The number of anilines is 1. The minimum absolute atomic E-state index is 0.0417. The highest BCUT2D eigenvalue weighted by molar-refractivity contribution is 6.33. The van der Waals surface area contributed by atoms with Crippen LogP contribution in [0.4, 0.5) is 5.69 Å². The van der Waals surface area contributed by atoms with E-state index in [2.05, 4.69) is 0 Å². The Kier molecular flexibility index (Phi) is 5.91. The summed E-state index contributed by atoms with van der Waals surface area (Å²) in [6.07, 6.45) is -0.446. The average molecular weight is 386 g/mol. The Labute approximate surface area is 162 Å². The molecule has 1 amide bonds. The smallest absolute Gasteiger partial charge is 0.312 e. The van der Waals surface area contributed by atoms with E-state index >= 15 is 0 Å². The first-order valence-corrected chi connectivity index (χ1v) is 9.23. The molecule has 0 aliphatic carbocycles. The number of ether oxygens (including phenoxy) is 1. The maximum absolute atomic E-state index is 12.6. The number of hydrogen-bond acceptors (Lipinski definition) is 4. The lowest BCUT2D eigenvalue weighted by atomic mass is 10.0. The number of carbonyl (C=O) groups is 3. The summed E-state index contributed by atoms with van der Waals surface area (Å²) in [5, 5.41) is 0.450. The number of halogens is 1. The van der Waals surface area contributed by atoms with Gasteiger partial charge in [-0.15, -0.1) is 0 Å². The fraction of sp³-hybridized carbons (Fsp3) is 0.286. The zero-order valence-corrected chi connectivity index (χ0v) is 15.7. The van der Waals surface area contributed by atoms with E-state index in [1.54, 1.807) is 55.5 Å². The quantitative estimate of drug-likeness (QED) is 0.559. The zero-order chi connectivity index (χ0) is 19.4. The molecule has 2 atom stereocenters. The molecular formula is C21H20ClNO4. The predicted octanol–water partition coefficient (Wildman–Crippen LogP) is 3.90. The molecule has 5 nitrogen and oxygen atoms in total. The van der Waals surface area contributed by atoms with Gasteiger partial charge in [0.2, 0.25) is 11.7 Å². The van der Waals surface area contributed by atoms with Gasteiger partial charge in [0.25, 0.3) is 0 Å². The summed E-state index contributed by atoms with van der Waals surface area (Å²) < 4.78 is 5.46. The van der Waals surface area contributed by atoms with Crippen molar-refractivity contribution in [3.05, 3.63) is 65.2 Å². The van der Waals surface area contributed by atoms with E-state index in [1.807, 2.05) is 6.07 Å². The lowest BCUT2D eigenvalue weighted by molar-refractivity contribution is -0.151. The third kappa shape index (κ3) is 4.19. The van der Waals surface area contributed by atoms with Crippen molar-refractivity contribution in [1.29, 1.82) is 0 Å². The van der Waals surface area contributed by atoms with Crippen LogP contribution < -0.4 is 4.90 Å². The molecule has 0 N–H and O–H groups in total. The van der Waals surface area contributed by atoms with Crippen LogP contribution in [0.2, 0.25) is 5.02 Å². The first kappa shape index (κ1) is 19.1. The number of nitrogens with zero attached hydrogens (tertiary/aromatic N) is 1. The molecule has 2 aromatic carbocycles. The Bertz CT molecular complexity index is 852. The third-order valence-corrected chi connectivity index (χ3v) is 4.90. The topological polar surface area (TPSA) is 63.7 Å². The summed E-state index contributed by atoms with van der Waals surface area (Å²) in [7, 11) is 0. The number of carbonyl (C=O) groups excluding carboxylic acids is 3. The van der Waals surface area contributed by atoms with Crippen molar-refractivity contribution in [3.8, 4) is 0 Å². The molecule has 0 saturated carbocycles. The number of esters is 1. The van der Waals surface area contributed by atoms with Crippen LogP contribution in [-0.2, 0) is 14.3 Å². The second-order valence-corrected chi connectivity index (χ2v) is 6.83. The first-order valence-electron chi connectivity index (χ1n) is 8.86. The Morgan fingerprint density at radius 2 is 1.81 bits per heavy atom. The van der Waals surface area contributed by atoms with Crippen LogP contribution in [0.3, 0.4) is 0 Å². The monoisotopic (exact) mass is 385 g/mol. The lowest BCUT2D eigenvalue weighted by Crippen LogP contribution is -2.31. The number of amides is 1. The van der Waals surface area contributed by atoms with Crippen LogP contribution in [0.25, 0.3) is 0 Å². The van der Waals surface area contributed by atoms with E-state index in [0.29, 0.717) is 22.7 Å². The van der Waals surface area contributed by atoms with Crippen LogP contribution in [0.1, 0.15) is 30.1 Å². The summed E-state index contributed by atoms with van der Waals surface area (Å²) in [5.41, 5.74) is 1.07. The van der Waals surface area contributed by atoms with E-state index in [1.165, 1.54) is 4.90 Å². The molecule has 1 aliphatic heterocycles. The molecule has 1 fully saturated rings. The first-order chi connectivity index (χ1) is 13.0. The number of ketones is 1. The van der Waals surface area contributed by atoms with Crippen molar-refractivity contribution in [3.63, 3.8) is 0 Å².